The molecule has 3 aliphatic rings. The molecule has 0 aliphatic heterocycles. The van der Waals surface area contributed by atoms with Crippen LogP contribution < -0.4 is 0 Å². The Hall–Kier alpha value is -1.56. The van der Waals surface area contributed by atoms with Gasteiger partial charge in [-0.1, -0.05) is 67.2 Å². The molecule has 0 aromatic heterocycles. The molecular formula is C27H38O2. The summed E-state index contributed by atoms with van der Waals surface area (Å²) in [6.07, 6.45) is 14.9. The number of rotatable bonds is 3. The van der Waals surface area contributed by atoms with Crippen LogP contribution in [0.4, 0.5) is 0 Å². The zero-order chi connectivity index (χ0) is 21.2. The van der Waals surface area contributed by atoms with Crippen molar-refractivity contribution < 1.29 is 10.2 Å². The van der Waals surface area contributed by atoms with Crippen LogP contribution in [0.5, 0.6) is 0 Å². The zero-order valence-electron chi connectivity index (χ0n) is 18.7. The Morgan fingerprint density at radius 3 is 2.83 bits per heavy atom. The summed E-state index contributed by atoms with van der Waals surface area (Å²) in [5.74, 6) is 7.17. The van der Waals surface area contributed by atoms with E-state index in [2.05, 4.69) is 50.5 Å². The van der Waals surface area contributed by atoms with Crippen molar-refractivity contribution in [3.63, 3.8) is 0 Å². The molecule has 0 aromatic carbocycles. The van der Waals surface area contributed by atoms with Crippen LogP contribution in [0.25, 0.3) is 0 Å². The molecule has 2 heteroatoms. The molecule has 0 spiro atoms. The Bertz CT molecular complexity index is 793. The van der Waals surface area contributed by atoms with Crippen molar-refractivity contribution >= 4 is 0 Å². The van der Waals surface area contributed by atoms with Gasteiger partial charge in [0.2, 0.25) is 0 Å². The van der Waals surface area contributed by atoms with Gasteiger partial charge >= 0.3 is 0 Å². The number of hydrogen-bond acceptors (Lipinski definition) is 2. The topological polar surface area (TPSA) is 40.5 Å². The first-order valence-corrected chi connectivity index (χ1v) is 11.3. The van der Waals surface area contributed by atoms with Crippen molar-refractivity contribution in [1.82, 2.24) is 0 Å². The van der Waals surface area contributed by atoms with Gasteiger partial charge in [-0.15, -0.1) is 0 Å². The number of aliphatic hydroxyl groups is 2. The van der Waals surface area contributed by atoms with Gasteiger partial charge in [0, 0.05) is 6.42 Å². The van der Waals surface area contributed by atoms with E-state index in [4.69, 9.17) is 0 Å². The molecule has 2 N–H and O–H groups in total. The summed E-state index contributed by atoms with van der Waals surface area (Å²) in [7, 11) is 0. The van der Waals surface area contributed by atoms with Gasteiger partial charge in [0.1, 0.15) is 5.60 Å². The smallest absolute Gasteiger partial charge is 0.119 e. The molecule has 4 atom stereocenters. The fourth-order valence-electron chi connectivity index (χ4n) is 5.54. The predicted octanol–water partition coefficient (Wildman–Crippen LogP) is 5.88. The van der Waals surface area contributed by atoms with Crippen LogP contribution in [-0.2, 0) is 0 Å². The number of fused-ring (bicyclic) bond motifs is 1. The molecule has 0 bridgehead atoms. The van der Waals surface area contributed by atoms with Crippen molar-refractivity contribution in [3.05, 3.63) is 47.1 Å². The molecule has 2 fully saturated rings. The Morgan fingerprint density at radius 2 is 2.10 bits per heavy atom. The molecule has 0 aromatic rings. The van der Waals surface area contributed by atoms with Gasteiger partial charge in [0.05, 0.1) is 6.10 Å². The molecule has 2 nitrogen and oxygen atoms in total. The lowest BCUT2D eigenvalue weighted by molar-refractivity contribution is 0.143. The summed E-state index contributed by atoms with van der Waals surface area (Å²) in [6.45, 7) is 12.4. The monoisotopic (exact) mass is 394 g/mol. The highest BCUT2D eigenvalue weighted by Crippen LogP contribution is 2.56. The lowest BCUT2D eigenvalue weighted by atomic mass is 9.62. The number of hydrogen-bond donors (Lipinski definition) is 2. The van der Waals surface area contributed by atoms with Crippen molar-refractivity contribution in [2.45, 2.75) is 90.8 Å². The van der Waals surface area contributed by atoms with Gasteiger partial charge in [-0.05, 0) is 81.6 Å². The van der Waals surface area contributed by atoms with E-state index in [9.17, 15) is 10.2 Å². The summed E-state index contributed by atoms with van der Waals surface area (Å²) in [5, 5.41) is 19.9. The summed E-state index contributed by atoms with van der Waals surface area (Å²) in [4.78, 5) is 0. The third kappa shape index (κ3) is 5.14. The highest BCUT2D eigenvalue weighted by Gasteiger charge is 2.45. The van der Waals surface area contributed by atoms with E-state index in [1.54, 1.807) is 25.0 Å². The second-order valence-corrected chi connectivity index (χ2v) is 10.1. The maximum Gasteiger partial charge on any atom is 0.119 e. The van der Waals surface area contributed by atoms with Crippen LogP contribution in [0.2, 0.25) is 0 Å². The SMILES string of the molecule is C=C1CC[C@H](O)C/C1=C\C=C1\CCC[C@]2(C)C([C@H](C)CC#CC(C)(C)O)=CC[C@@H]12. The minimum atomic E-state index is -0.916. The summed E-state index contributed by atoms with van der Waals surface area (Å²) < 4.78 is 0. The van der Waals surface area contributed by atoms with E-state index in [1.807, 2.05) is 0 Å². The quantitative estimate of drug-likeness (QED) is 0.464. The standard InChI is InChI=1S/C27H38O2/c1-19-10-13-23(28)18-22(19)12-11-21-9-7-17-27(5)24(14-15-25(21)27)20(2)8-6-16-26(3,4)29/h11-12,14,20,23,25,28-29H,1,7-10,13,15,17-18H2,2-5H3/b21-11-,22-12+/t20-,23+,25+,27-/m1/s1. The van der Waals surface area contributed by atoms with Crippen molar-refractivity contribution in [2.75, 3.05) is 0 Å². The molecule has 0 saturated heterocycles. The van der Waals surface area contributed by atoms with Crippen LogP contribution in [0, 0.1) is 29.1 Å². The van der Waals surface area contributed by atoms with E-state index < -0.39 is 5.60 Å². The summed E-state index contributed by atoms with van der Waals surface area (Å²) >= 11 is 0. The highest BCUT2D eigenvalue weighted by molar-refractivity contribution is 5.38. The second kappa shape index (κ2) is 8.66. The van der Waals surface area contributed by atoms with Crippen LogP contribution in [0.3, 0.4) is 0 Å². The lowest BCUT2D eigenvalue weighted by Gasteiger charge is -2.42. The van der Waals surface area contributed by atoms with Gasteiger partial charge in [0.25, 0.3) is 0 Å². The molecule has 0 radical (unpaired) electrons. The van der Waals surface area contributed by atoms with Gasteiger partial charge < -0.3 is 10.2 Å². The maximum absolute atomic E-state index is 10.0. The second-order valence-electron chi connectivity index (χ2n) is 10.1. The molecule has 0 amide bonds. The molecule has 2 saturated carbocycles. The van der Waals surface area contributed by atoms with Crippen molar-refractivity contribution in [2.24, 2.45) is 17.3 Å². The summed E-state index contributed by atoms with van der Waals surface area (Å²) in [6, 6.07) is 0. The Kier molecular flexibility index (Phi) is 6.61. The first-order chi connectivity index (χ1) is 13.6. The summed E-state index contributed by atoms with van der Waals surface area (Å²) in [5.41, 5.74) is 4.84. The van der Waals surface area contributed by atoms with E-state index in [0.717, 1.165) is 32.1 Å². The molecule has 3 rings (SSSR count). The van der Waals surface area contributed by atoms with E-state index >= 15 is 0 Å². The molecule has 0 unspecified atom stereocenters. The fourth-order valence-corrected chi connectivity index (χ4v) is 5.54. The van der Waals surface area contributed by atoms with Gasteiger partial charge in [-0.25, -0.2) is 0 Å². The third-order valence-electron chi connectivity index (χ3n) is 7.13. The van der Waals surface area contributed by atoms with Crippen LogP contribution in [-0.4, -0.2) is 21.9 Å². The van der Waals surface area contributed by atoms with Gasteiger partial charge in [-0.3, -0.25) is 0 Å². The average Bonchev–Trinajstić information content (AvgIpc) is 2.99. The number of aliphatic hydroxyl groups excluding tert-OH is 1. The Balaban J connectivity index is 1.75. The van der Waals surface area contributed by atoms with Crippen molar-refractivity contribution in [3.8, 4) is 11.8 Å². The first-order valence-electron chi connectivity index (χ1n) is 11.3. The molecule has 3 aliphatic carbocycles. The van der Waals surface area contributed by atoms with Crippen LogP contribution in [0.1, 0.15) is 79.1 Å². The molecule has 158 valence electrons. The predicted molar refractivity (Wildman–Crippen MR) is 121 cm³/mol. The third-order valence-corrected chi connectivity index (χ3v) is 7.13. The normalized spacial score (nSPS) is 33.9. The number of allylic oxidation sites excluding steroid dienone is 6. The lowest BCUT2D eigenvalue weighted by Crippen LogP contribution is -2.32. The fraction of sp³-hybridized carbons (Fsp3) is 0.630. The Labute approximate surface area is 177 Å². The molecule has 0 heterocycles. The molecule has 29 heavy (non-hydrogen) atoms. The minimum Gasteiger partial charge on any atom is -0.393 e. The van der Waals surface area contributed by atoms with Crippen molar-refractivity contribution in [1.29, 1.82) is 0 Å². The highest BCUT2D eigenvalue weighted by atomic mass is 16.3. The zero-order valence-corrected chi connectivity index (χ0v) is 18.7. The Morgan fingerprint density at radius 1 is 1.34 bits per heavy atom. The van der Waals surface area contributed by atoms with Crippen LogP contribution >= 0.6 is 0 Å². The first kappa shape index (κ1) is 22.1. The average molecular weight is 395 g/mol. The van der Waals surface area contributed by atoms with Crippen LogP contribution in [0.15, 0.2) is 47.1 Å². The van der Waals surface area contributed by atoms with E-state index in [0.29, 0.717) is 11.8 Å². The van der Waals surface area contributed by atoms with E-state index in [-0.39, 0.29) is 11.5 Å². The molecular weight excluding hydrogens is 356 g/mol. The minimum absolute atomic E-state index is 0.215. The maximum atomic E-state index is 10.0. The van der Waals surface area contributed by atoms with Gasteiger partial charge in [-0.2, -0.15) is 0 Å². The van der Waals surface area contributed by atoms with E-state index in [1.165, 1.54) is 30.4 Å². The largest absolute Gasteiger partial charge is 0.393 e. The van der Waals surface area contributed by atoms with Gasteiger partial charge in [0.15, 0.2) is 0 Å².